The van der Waals surface area contributed by atoms with Crippen molar-refractivity contribution in [2.75, 3.05) is 13.7 Å². The fourth-order valence-corrected chi connectivity index (χ4v) is 5.53. The van der Waals surface area contributed by atoms with Crippen LogP contribution in [0.25, 0.3) is 0 Å². The summed E-state index contributed by atoms with van der Waals surface area (Å²) in [5.41, 5.74) is 3.61. The number of methoxy groups -OCH3 is 1. The van der Waals surface area contributed by atoms with E-state index in [0.717, 1.165) is 29.7 Å². The number of rotatable bonds is 8. The van der Waals surface area contributed by atoms with Gasteiger partial charge in [-0.1, -0.05) is 29.8 Å². The van der Waals surface area contributed by atoms with Gasteiger partial charge in [-0.05, 0) is 68.4 Å². The van der Waals surface area contributed by atoms with Crippen molar-refractivity contribution in [2.24, 2.45) is 11.8 Å². The van der Waals surface area contributed by atoms with Gasteiger partial charge in [0.1, 0.15) is 5.75 Å². The molecule has 3 rings (SSSR count). The lowest BCUT2D eigenvalue weighted by atomic mass is 9.81. The van der Waals surface area contributed by atoms with Gasteiger partial charge in [-0.3, -0.25) is 10.0 Å². The molecule has 0 aliphatic heterocycles. The first kappa shape index (κ1) is 23.2. The number of benzene rings is 2. The van der Waals surface area contributed by atoms with Crippen LogP contribution >= 0.6 is 0 Å². The van der Waals surface area contributed by atoms with Crippen LogP contribution < -0.4 is 10.2 Å². The second-order valence-corrected chi connectivity index (χ2v) is 10.1. The molecule has 0 heterocycles. The SMILES string of the molecule is COc1ccc(CN(CC2CCC(C(=O)NO)CC2)S(=O)(=O)c2ccc(C)cc2)cc1. The monoisotopic (exact) mass is 446 g/mol. The highest BCUT2D eigenvalue weighted by molar-refractivity contribution is 7.89. The van der Waals surface area contributed by atoms with Crippen molar-refractivity contribution < 1.29 is 23.2 Å². The van der Waals surface area contributed by atoms with Gasteiger partial charge in [0.05, 0.1) is 12.0 Å². The number of ether oxygens (including phenoxy) is 1. The zero-order chi connectivity index (χ0) is 22.4. The van der Waals surface area contributed by atoms with E-state index >= 15 is 0 Å². The summed E-state index contributed by atoms with van der Waals surface area (Å²) in [5.74, 6) is 0.296. The van der Waals surface area contributed by atoms with Crippen LogP contribution in [0.4, 0.5) is 0 Å². The molecule has 0 radical (unpaired) electrons. The maximum Gasteiger partial charge on any atom is 0.246 e. The fourth-order valence-electron chi connectivity index (χ4n) is 4.03. The number of hydrogen-bond acceptors (Lipinski definition) is 5. The van der Waals surface area contributed by atoms with Gasteiger partial charge in [0, 0.05) is 19.0 Å². The molecule has 7 nitrogen and oxygen atoms in total. The van der Waals surface area contributed by atoms with Crippen molar-refractivity contribution in [3.8, 4) is 5.75 Å². The van der Waals surface area contributed by atoms with Crippen molar-refractivity contribution in [2.45, 2.75) is 44.0 Å². The molecular weight excluding hydrogens is 416 g/mol. The quantitative estimate of drug-likeness (QED) is 0.478. The third kappa shape index (κ3) is 5.84. The Morgan fingerprint density at radius 1 is 1.06 bits per heavy atom. The van der Waals surface area contributed by atoms with Crippen molar-refractivity contribution in [1.82, 2.24) is 9.79 Å². The molecule has 8 heteroatoms. The highest BCUT2D eigenvalue weighted by Gasteiger charge is 2.31. The lowest BCUT2D eigenvalue weighted by molar-refractivity contribution is -0.134. The molecule has 2 aromatic carbocycles. The Hall–Kier alpha value is -2.42. The Morgan fingerprint density at radius 2 is 1.68 bits per heavy atom. The molecule has 2 N–H and O–H groups in total. The molecule has 31 heavy (non-hydrogen) atoms. The molecule has 0 spiro atoms. The Bertz CT molecular complexity index is 966. The first-order valence-corrected chi connectivity index (χ1v) is 11.9. The molecular formula is C23H30N2O5S. The largest absolute Gasteiger partial charge is 0.497 e. The zero-order valence-corrected chi connectivity index (χ0v) is 18.8. The van der Waals surface area contributed by atoms with Gasteiger partial charge in [-0.2, -0.15) is 4.31 Å². The molecule has 0 saturated heterocycles. The average Bonchev–Trinajstić information content (AvgIpc) is 2.79. The molecule has 2 aromatic rings. The van der Waals surface area contributed by atoms with Gasteiger partial charge in [0.15, 0.2) is 0 Å². The van der Waals surface area contributed by atoms with Crippen molar-refractivity contribution in [3.05, 3.63) is 59.7 Å². The van der Waals surface area contributed by atoms with Gasteiger partial charge in [-0.25, -0.2) is 13.9 Å². The topological polar surface area (TPSA) is 95.9 Å². The number of carbonyl (C=O) groups is 1. The van der Waals surface area contributed by atoms with Crippen molar-refractivity contribution in [3.63, 3.8) is 0 Å². The minimum absolute atomic E-state index is 0.154. The molecule has 0 aromatic heterocycles. The summed E-state index contributed by atoms with van der Waals surface area (Å²) in [6.07, 6.45) is 2.75. The molecule has 0 unspecified atom stereocenters. The van der Waals surface area contributed by atoms with E-state index in [1.807, 2.05) is 31.2 Å². The second kappa shape index (κ2) is 10.3. The predicted molar refractivity (Wildman–Crippen MR) is 117 cm³/mol. The van der Waals surface area contributed by atoms with Gasteiger partial charge in [0.2, 0.25) is 15.9 Å². The summed E-state index contributed by atoms with van der Waals surface area (Å²) in [6, 6.07) is 14.3. The highest BCUT2D eigenvalue weighted by atomic mass is 32.2. The number of hydrogen-bond donors (Lipinski definition) is 2. The van der Waals surface area contributed by atoms with Crippen molar-refractivity contribution in [1.29, 1.82) is 0 Å². The molecule has 168 valence electrons. The molecule has 1 amide bonds. The number of amides is 1. The van der Waals surface area contributed by atoms with Gasteiger partial charge in [0.25, 0.3) is 0 Å². The lowest BCUT2D eigenvalue weighted by Crippen LogP contribution is -2.38. The van der Waals surface area contributed by atoms with Gasteiger partial charge >= 0.3 is 0 Å². The van der Waals surface area contributed by atoms with E-state index in [0.29, 0.717) is 19.4 Å². The molecule has 0 atom stereocenters. The van der Waals surface area contributed by atoms with E-state index in [9.17, 15) is 13.2 Å². The van der Waals surface area contributed by atoms with E-state index in [2.05, 4.69) is 0 Å². The number of nitrogens with one attached hydrogen (secondary N) is 1. The third-order valence-corrected chi connectivity index (χ3v) is 7.79. The van der Waals surface area contributed by atoms with E-state index < -0.39 is 10.0 Å². The first-order valence-electron chi connectivity index (χ1n) is 10.5. The Kier molecular flexibility index (Phi) is 7.69. The first-order chi connectivity index (χ1) is 14.8. The number of sulfonamides is 1. The Balaban J connectivity index is 1.80. The normalized spacial score (nSPS) is 19.2. The standard InChI is InChI=1S/C23H30N2O5S/c1-17-3-13-22(14-4-17)31(28,29)25(16-19-7-11-21(30-2)12-8-19)15-18-5-9-20(10-6-18)23(26)24-27/h3-4,7-8,11-14,18,20,27H,5-6,9-10,15-16H2,1-2H3,(H,24,26). The molecule has 1 aliphatic rings. The lowest BCUT2D eigenvalue weighted by Gasteiger charge is -2.31. The fraction of sp³-hybridized carbons (Fsp3) is 0.435. The molecule has 0 bridgehead atoms. The van der Waals surface area contributed by atoms with Crippen LogP contribution in [0.15, 0.2) is 53.4 Å². The van der Waals surface area contributed by atoms with Crippen LogP contribution in [0.1, 0.15) is 36.8 Å². The van der Waals surface area contributed by atoms with Crippen LogP contribution in [-0.2, 0) is 21.4 Å². The third-order valence-electron chi connectivity index (χ3n) is 5.97. The number of carbonyl (C=O) groups excluding carboxylic acids is 1. The van der Waals surface area contributed by atoms with Crippen LogP contribution in [0.2, 0.25) is 0 Å². The smallest absolute Gasteiger partial charge is 0.246 e. The number of aryl methyl sites for hydroxylation is 1. The minimum atomic E-state index is -3.68. The van der Waals surface area contributed by atoms with Crippen LogP contribution in [-0.4, -0.2) is 37.5 Å². The Morgan fingerprint density at radius 3 is 2.23 bits per heavy atom. The maximum absolute atomic E-state index is 13.5. The summed E-state index contributed by atoms with van der Waals surface area (Å²) in [4.78, 5) is 12.0. The molecule has 1 saturated carbocycles. The van der Waals surface area contributed by atoms with Crippen LogP contribution in [0, 0.1) is 18.8 Å². The minimum Gasteiger partial charge on any atom is -0.497 e. The maximum atomic E-state index is 13.5. The second-order valence-electron chi connectivity index (χ2n) is 8.15. The van der Waals surface area contributed by atoms with Crippen molar-refractivity contribution >= 4 is 15.9 Å². The average molecular weight is 447 g/mol. The Labute approximate surface area is 184 Å². The van der Waals surface area contributed by atoms with E-state index in [1.165, 1.54) is 4.31 Å². The van der Waals surface area contributed by atoms with E-state index in [4.69, 9.17) is 9.94 Å². The zero-order valence-electron chi connectivity index (χ0n) is 18.0. The van der Waals surface area contributed by atoms with Crippen LogP contribution in [0.5, 0.6) is 5.75 Å². The summed E-state index contributed by atoms with van der Waals surface area (Å²) in [6.45, 7) is 2.57. The van der Waals surface area contributed by atoms with E-state index in [-0.39, 0.29) is 29.2 Å². The van der Waals surface area contributed by atoms with Crippen LogP contribution in [0.3, 0.4) is 0 Å². The highest BCUT2D eigenvalue weighted by Crippen LogP contribution is 2.31. The van der Waals surface area contributed by atoms with Gasteiger partial charge in [-0.15, -0.1) is 0 Å². The number of nitrogens with zero attached hydrogens (tertiary/aromatic N) is 1. The summed E-state index contributed by atoms with van der Waals surface area (Å²) in [5, 5.41) is 8.86. The molecule has 1 aliphatic carbocycles. The van der Waals surface area contributed by atoms with Gasteiger partial charge < -0.3 is 4.74 Å². The predicted octanol–water partition coefficient (Wildman–Crippen LogP) is 3.51. The van der Waals surface area contributed by atoms with E-state index in [1.54, 1.807) is 36.9 Å². The summed E-state index contributed by atoms with van der Waals surface area (Å²) in [7, 11) is -2.09. The summed E-state index contributed by atoms with van der Waals surface area (Å²) >= 11 is 0. The summed E-state index contributed by atoms with van der Waals surface area (Å²) < 4.78 is 33.7. The molecule has 1 fully saturated rings. The number of hydroxylamine groups is 1.